The third-order valence-corrected chi connectivity index (χ3v) is 8.53. The van der Waals surface area contributed by atoms with E-state index >= 15 is 0 Å². The third-order valence-electron chi connectivity index (χ3n) is 5.76. The number of fused-ring (bicyclic) bond motifs is 1. The van der Waals surface area contributed by atoms with Crippen molar-refractivity contribution in [3.8, 4) is 11.3 Å². The Balaban J connectivity index is 1.38. The molecule has 3 aromatic carbocycles. The van der Waals surface area contributed by atoms with Crippen LogP contribution in [0.25, 0.3) is 22.0 Å². The molecule has 0 spiro atoms. The number of hydrogen-bond acceptors (Lipinski definition) is 5. The van der Waals surface area contributed by atoms with Gasteiger partial charge in [0, 0.05) is 32.6 Å². The van der Waals surface area contributed by atoms with Crippen molar-refractivity contribution in [2.24, 2.45) is 0 Å². The maximum absolute atomic E-state index is 13.1. The van der Waals surface area contributed by atoms with Gasteiger partial charge in [0.2, 0.25) is 15.0 Å². The fourth-order valence-electron chi connectivity index (χ4n) is 3.99. The minimum Gasteiger partial charge on any atom is -0.335 e. The van der Waals surface area contributed by atoms with Crippen molar-refractivity contribution < 1.29 is 13.2 Å². The van der Waals surface area contributed by atoms with Gasteiger partial charge in [-0.1, -0.05) is 41.9 Å². The molecule has 2 aromatic heterocycles. The van der Waals surface area contributed by atoms with E-state index in [1.54, 1.807) is 19.2 Å². The highest BCUT2D eigenvalue weighted by molar-refractivity contribution is 14.1. The number of aryl methyl sites for hydroxylation is 1. The van der Waals surface area contributed by atoms with Gasteiger partial charge in [-0.25, -0.2) is 13.4 Å². The van der Waals surface area contributed by atoms with Crippen LogP contribution in [0.4, 0.5) is 5.69 Å². The molecule has 5 rings (SSSR count). The van der Waals surface area contributed by atoms with Gasteiger partial charge in [-0.3, -0.25) is 9.78 Å². The summed E-state index contributed by atoms with van der Waals surface area (Å²) >= 11 is 8.65. The predicted molar refractivity (Wildman–Crippen MR) is 154 cm³/mol. The summed E-state index contributed by atoms with van der Waals surface area (Å²) in [6.07, 6.45) is 3.30. The molecule has 1 amide bonds. The average Bonchev–Trinajstić information content (AvgIpc) is 3.32. The van der Waals surface area contributed by atoms with E-state index in [9.17, 15) is 13.2 Å². The van der Waals surface area contributed by atoms with Crippen LogP contribution in [0.15, 0.2) is 84.3 Å². The topological polar surface area (TPSA) is 105 Å². The van der Waals surface area contributed by atoms with E-state index < -0.39 is 15.7 Å². The number of H-pyrrole nitrogens is 1. The number of aromatic amines is 1. The number of pyridine rings is 1. The Bertz CT molecular complexity index is 1760. The van der Waals surface area contributed by atoms with Gasteiger partial charge >= 0.3 is 0 Å². The van der Waals surface area contributed by atoms with Crippen molar-refractivity contribution >= 4 is 66.4 Å². The molecule has 0 aliphatic carbocycles. The van der Waals surface area contributed by atoms with Crippen LogP contribution in [0.2, 0.25) is 5.02 Å². The number of carbonyl (C=O) groups is 1. The largest absolute Gasteiger partial charge is 0.335 e. The molecule has 0 saturated heterocycles. The van der Waals surface area contributed by atoms with Gasteiger partial charge in [0.1, 0.15) is 0 Å². The first-order valence-electron chi connectivity index (χ1n) is 11.2. The molecule has 0 aliphatic rings. The first-order chi connectivity index (χ1) is 17.7. The molecule has 0 radical (unpaired) electrons. The van der Waals surface area contributed by atoms with E-state index in [0.717, 1.165) is 25.6 Å². The zero-order valence-corrected chi connectivity index (χ0v) is 23.2. The highest BCUT2D eigenvalue weighted by atomic mass is 127. The molecule has 5 aromatic rings. The lowest BCUT2D eigenvalue weighted by Gasteiger charge is -2.12. The van der Waals surface area contributed by atoms with E-state index in [1.165, 1.54) is 18.3 Å². The Labute approximate surface area is 232 Å². The van der Waals surface area contributed by atoms with Gasteiger partial charge in [0.25, 0.3) is 5.91 Å². The summed E-state index contributed by atoms with van der Waals surface area (Å²) in [7, 11) is -3.67. The Morgan fingerprint density at radius 1 is 1.08 bits per heavy atom. The smallest absolute Gasteiger partial charge is 0.257 e. The van der Waals surface area contributed by atoms with Gasteiger partial charge in [0.05, 0.1) is 27.7 Å². The number of benzene rings is 3. The van der Waals surface area contributed by atoms with Crippen molar-refractivity contribution in [2.45, 2.75) is 17.8 Å². The molecule has 0 unspecified atom stereocenters. The summed E-state index contributed by atoms with van der Waals surface area (Å²) < 4.78 is 26.2. The minimum atomic E-state index is -3.67. The Kier molecular flexibility index (Phi) is 7.02. The second-order valence-electron chi connectivity index (χ2n) is 8.45. The molecule has 0 aliphatic heterocycles. The van der Waals surface area contributed by atoms with E-state index in [2.05, 4.69) is 42.9 Å². The monoisotopic (exact) mass is 642 g/mol. The van der Waals surface area contributed by atoms with Gasteiger partial charge in [-0.2, -0.15) is 0 Å². The number of carbonyl (C=O) groups excluding carboxylic acids is 1. The number of hydrogen-bond donors (Lipinski definition) is 2. The maximum atomic E-state index is 13.1. The summed E-state index contributed by atoms with van der Waals surface area (Å²) in [4.78, 5) is 24.3. The Morgan fingerprint density at radius 3 is 2.65 bits per heavy atom. The number of anilines is 1. The molecular weight excluding hydrogens is 623 g/mol. The first kappa shape index (κ1) is 25.4. The SMILES string of the molecule is Cc1c[nH]c(S(=O)(=O)Cc2ccc(C(=O)Nc3ccc(I)c(-c4nccc5ccccc45)c3)c(Cl)c2)n1. The lowest BCUT2D eigenvalue weighted by Crippen LogP contribution is -2.13. The van der Waals surface area contributed by atoms with Crippen molar-refractivity contribution in [1.82, 2.24) is 15.0 Å². The normalized spacial score (nSPS) is 11.5. The fraction of sp³-hybridized carbons (Fsp3) is 0.0741. The van der Waals surface area contributed by atoms with E-state index in [4.69, 9.17) is 11.6 Å². The predicted octanol–water partition coefficient (Wildman–Crippen LogP) is 6.42. The quantitative estimate of drug-likeness (QED) is 0.208. The van der Waals surface area contributed by atoms with Crippen molar-refractivity contribution in [3.63, 3.8) is 0 Å². The van der Waals surface area contributed by atoms with Crippen molar-refractivity contribution in [1.29, 1.82) is 0 Å². The Hall–Kier alpha value is -3.28. The minimum absolute atomic E-state index is 0.0989. The fourth-order valence-corrected chi connectivity index (χ4v) is 6.14. The van der Waals surface area contributed by atoms with Gasteiger partial charge < -0.3 is 10.3 Å². The van der Waals surface area contributed by atoms with Crippen LogP contribution >= 0.6 is 34.2 Å². The number of nitrogens with one attached hydrogen (secondary N) is 2. The van der Waals surface area contributed by atoms with Crippen molar-refractivity contribution in [2.75, 3.05) is 5.32 Å². The van der Waals surface area contributed by atoms with Crippen LogP contribution in [0.1, 0.15) is 21.6 Å². The lowest BCUT2D eigenvalue weighted by atomic mass is 10.0. The summed E-state index contributed by atoms with van der Waals surface area (Å²) in [6.45, 7) is 1.70. The third kappa shape index (κ3) is 5.39. The molecule has 186 valence electrons. The van der Waals surface area contributed by atoms with Gasteiger partial charge in [-0.15, -0.1) is 0 Å². The second kappa shape index (κ2) is 10.2. The zero-order valence-electron chi connectivity index (χ0n) is 19.5. The van der Waals surface area contributed by atoms with Crippen LogP contribution in [0, 0.1) is 10.5 Å². The number of aromatic nitrogens is 3. The molecule has 0 atom stereocenters. The number of nitrogens with zero attached hydrogens (tertiary/aromatic N) is 2. The average molecular weight is 643 g/mol. The van der Waals surface area contributed by atoms with E-state index in [-0.39, 0.29) is 21.5 Å². The summed E-state index contributed by atoms with van der Waals surface area (Å²) in [5.74, 6) is -0.695. The number of amides is 1. The highest BCUT2D eigenvalue weighted by Gasteiger charge is 2.20. The van der Waals surface area contributed by atoms with Crippen molar-refractivity contribution in [3.05, 3.63) is 105 Å². The standard InChI is InChI=1S/C27H20ClIN4O3S/c1-16-14-31-27(32-16)37(35,36)15-17-6-8-21(23(28)12-17)26(34)33-19-7-9-24(29)22(13-19)25-20-5-3-2-4-18(20)10-11-30-25/h2-14H,15H2,1H3,(H,31,32)(H,33,34). The number of rotatable bonds is 6. The van der Waals surface area contributed by atoms with E-state index in [0.29, 0.717) is 16.9 Å². The highest BCUT2D eigenvalue weighted by Crippen LogP contribution is 2.32. The number of imidazole rings is 1. The zero-order chi connectivity index (χ0) is 26.2. The van der Waals surface area contributed by atoms with Crippen LogP contribution in [0.5, 0.6) is 0 Å². The molecular formula is C27H20ClIN4O3S. The van der Waals surface area contributed by atoms with Crippen LogP contribution < -0.4 is 5.32 Å². The molecule has 0 fully saturated rings. The van der Waals surface area contributed by atoms with Gasteiger partial charge in [-0.05, 0) is 76.9 Å². The summed E-state index contributed by atoms with van der Waals surface area (Å²) in [5.41, 5.74) is 3.59. The molecule has 2 heterocycles. The summed E-state index contributed by atoms with van der Waals surface area (Å²) in [6, 6.07) is 20.2. The van der Waals surface area contributed by atoms with Crippen LogP contribution in [-0.4, -0.2) is 29.3 Å². The van der Waals surface area contributed by atoms with E-state index in [1.807, 2.05) is 48.5 Å². The van der Waals surface area contributed by atoms with Gasteiger partial charge in [0.15, 0.2) is 0 Å². The molecule has 0 saturated carbocycles. The first-order valence-corrected chi connectivity index (χ1v) is 14.3. The van der Waals surface area contributed by atoms with Crippen LogP contribution in [-0.2, 0) is 15.6 Å². The second-order valence-corrected chi connectivity index (χ2v) is 11.9. The molecule has 10 heteroatoms. The summed E-state index contributed by atoms with van der Waals surface area (Å²) in [5, 5.41) is 5.04. The number of sulfone groups is 1. The lowest BCUT2D eigenvalue weighted by molar-refractivity contribution is 0.102. The molecule has 0 bridgehead atoms. The molecule has 2 N–H and O–H groups in total. The van der Waals surface area contributed by atoms with Crippen LogP contribution in [0.3, 0.4) is 0 Å². The number of halogens is 2. The maximum Gasteiger partial charge on any atom is 0.257 e. The molecule has 7 nitrogen and oxygen atoms in total. The molecule has 37 heavy (non-hydrogen) atoms. The Morgan fingerprint density at radius 2 is 1.89 bits per heavy atom.